The summed E-state index contributed by atoms with van der Waals surface area (Å²) in [6.45, 7) is 2.76. The minimum absolute atomic E-state index is 0. The lowest BCUT2D eigenvalue weighted by atomic mass is 10.2. The molecule has 0 radical (unpaired) electrons. The van der Waals surface area contributed by atoms with Gasteiger partial charge in [0.1, 0.15) is 5.75 Å². The number of rotatable bonds is 5. The Kier molecular flexibility index (Phi) is 7.70. The van der Waals surface area contributed by atoms with E-state index in [4.69, 9.17) is 22.1 Å². The van der Waals surface area contributed by atoms with Crippen molar-refractivity contribution in [1.82, 2.24) is 5.32 Å². The number of benzene rings is 1. The van der Waals surface area contributed by atoms with Gasteiger partial charge in [-0.3, -0.25) is 4.79 Å². The lowest BCUT2D eigenvalue weighted by Crippen LogP contribution is -2.28. The Bertz CT molecular complexity index is 372. The Labute approximate surface area is 112 Å². The van der Waals surface area contributed by atoms with Gasteiger partial charge in [0.25, 0.3) is 5.91 Å². The average molecular weight is 279 g/mol. The molecular formula is C11H16Cl2N2O2. The second kappa shape index (κ2) is 8.17. The number of hydrogen-bond donors (Lipinski definition) is 2. The number of nitrogens with one attached hydrogen (secondary N) is 1. The van der Waals surface area contributed by atoms with Crippen molar-refractivity contribution < 1.29 is 9.53 Å². The second-order valence-corrected chi connectivity index (χ2v) is 3.63. The van der Waals surface area contributed by atoms with Crippen LogP contribution in [-0.4, -0.2) is 19.1 Å². The van der Waals surface area contributed by atoms with E-state index < -0.39 is 0 Å². The highest BCUT2D eigenvalue weighted by molar-refractivity contribution is 6.30. The number of ether oxygens (including phenoxy) is 1. The van der Waals surface area contributed by atoms with Crippen LogP contribution in [0.25, 0.3) is 0 Å². The molecule has 0 aliphatic carbocycles. The normalized spacial score (nSPS) is 9.35. The second-order valence-electron chi connectivity index (χ2n) is 3.20. The molecule has 0 atom stereocenters. The van der Waals surface area contributed by atoms with Crippen LogP contribution in [0.15, 0.2) is 18.2 Å². The number of carbonyl (C=O) groups is 1. The van der Waals surface area contributed by atoms with E-state index in [1.165, 1.54) is 0 Å². The number of likely N-dealkylation sites (N-methyl/N-ethyl adjacent to an activating group) is 1. The molecule has 0 saturated heterocycles. The van der Waals surface area contributed by atoms with Crippen molar-refractivity contribution in [3.8, 4) is 5.75 Å². The van der Waals surface area contributed by atoms with Crippen molar-refractivity contribution in [2.45, 2.75) is 13.5 Å². The largest absolute Gasteiger partial charge is 0.483 e. The molecule has 0 aliphatic heterocycles. The van der Waals surface area contributed by atoms with Gasteiger partial charge in [-0.2, -0.15) is 0 Å². The molecule has 0 fully saturated rings. The molecule has 1 rings (SSSR count). The van der Waals surface area contributed by atoms with E-state index in [0.717, 1.165) is 5.56 Å². The minimum atomic E-state index is -0.152. The quantitative estimate of drug-likeness (QED) is 0.862. The summed E-state index contributed by atoms with van der Waals surface area (Å²) < 4.78 is 5.35. The molecule has 0 saturated carbocycles. The van der Waals surface area contributed by atoms with Crippen molar-refractivity contribution in [2.75, 3.05) is 13.2 Å². The SMILES string of the molecule is CCNC(=O)COc1ccc(Cl)cc1CN.Cl. The van der Waals surface area contributed by atoms with E-state index in [0.29, 0.717) is 23.9 Å². The smallest absolute Gasteiger partial charge is 0.257 e. The predicted molar refractivity (Wildman–Crippen MR) is 70.8 cm³/mol. The molecule has 6 heteroatoms. The van der Waals surface area contributed by atoms with Crippen LogP contribution in [0.3, 0.4) is 0 Å². The highest BCUT2D eigenvalue weighted by atomic mass is 35.5. The summed E-state index contributed by atoms with van der Waals surface area (Å²) in [5, 5.41) is 3.25. The maximum Gasteiger partial charge on any atom is 0.257 e. The number of carbonyl (C=O) groups excluding carboxylic acids is 1. The third kappa shape index (κ3) is 5.26. The lowest BCUT2D eigenvalue weighted by Gasteiger charge is -2.10. The Morgan fingerprint density at radius 1 is 1.53 bits per heavy atom. The molecule has 0 spiro atoms. The van der Waals surface area contributed by atoms with E-state index in [9.17, 15) is 4.79 Å². The fourth-order valence-corrected chi connectivity index (χ4v) is 1.43. The molecular weight excluding hydrogens is 263 g/mol. The number of halogens is 2. The summed E-state index contributed by atoms with van der Waals surface area (Å²) in [5.41, 5.74) is 6.33. The van der Waals surface area contributed by atoms with E-state index >= 15 is 0 Å². The first-order valence-electron chi connectivity index (χ1n) is 5.05. The molecule has 0 unspecified atom stereocenters. The standard InChI is InChI=1S/C11H15ClN2O2.ClH/c1-2-14-11(15)7-16-10-4-3-9(12)5-8(10)6-13;/h3-5H,2,6-7,13H2,1H3,(H,14,15);1H. The molecule has 3 N–H and O–H groups in total. The van der Waals surface area contributed by atoms with Crippen molar-refractivity contribution >= 4 is 29.9 Å². The van der Waals surface area contributed by atoms with Gasteiger partial charge in [-0.25, -0.2) is 0 Å². The molecule has 1 aromatic carbocycles. The first kappa shape index (κ1) is 16.0. The van der Waals surface area contributed by atoms with E-state index in [1.807, 2.05) is 6.92 Å². The van der Waals surface area contributed by atoms with Gasteiger partial charge in [-0.15, -0.1) is 12.4 Å². The van der Waals surface area contributed by atoms with Crippen LogP contribution >= 0.6 is 24.0 Å². The molecule has 4 nitrogen and oxygen atoms in total. The van der Waals surface area contributed by atoms with Crippen molar-refractivity contribution in [3.05, 3.63) is 28.8 Å². The highest BCUT2D eigenvalue weighted by Crippen LogP contribution is 2.22. The van der Waals surface area contributed by atoms with E-state index in [-0.39, 0.29) is 24.9 Å². The average Bonchev–Trinajstić information content (AvgIpc) is 2.27. The van der Waals surface area contributed by atoms with Gasteiger partial charge < -0.3 is 15.8 Å². The van der Waals surface area contributed by atoms with Gasteiger partial charge in [0.2, 0.25) is 0 Å². The summed E-state index contributed by atoms with van der Waals surface area (Å²) in [6, 6.07) is 5.14. The molecule has 0 aromatic heterocycles. The maximum atomic E-state index is 11.2. The Morgan fingerprint density at radius 3 is 2.82 bits per heavy atom. The summed E-state index contributed by atoms with van der Waals surface area (Å²) in [5.74, 6) is 0.443. The van der Waals surface area contributed by atoms with Crippen LogP contribution in [0.5, 0.6) is 5.75 Å². The van der Waals surface area contributed by atoms with Crippen LogP contribution in [0, 0.1) is 0 Å². The first-order valence-corrected chi connectivity index (χ1v) is 5.43. The van der Waals surface area contributed by atoms with Gasteiger partial charge >= 0.3 is 0 Å². The van der Waals surface area contributed by atoms with Crippen LogP contribution in [0.4, 0.5) is 0 Å². The third-order valence-electron chi connectivity index (χ3n) is 1.98. The van der Waals surface area contributed by atoms with Crippen molar-refractivity contribution in [1.29, 1.82) is 0 Å². The monoisotopic (exact) mass is 278 g/mol. The van der Waals surface area contributed by atoms with Crippen molar-refractivity contribution in [2.24, 2.45) is 5.73 Å². The van der Waals surface area contributed by atoms with E-state index in [1.54, 1.807) is 18.2 Å². The number of hydrogen-bond acceptors (Lipinski definition) is 3. The molecule has 0 aliphatic rings. The third-order valence-corrected chi connectivity index (χ3v) is 2.21. The zero-order valence-corrected chi connectivity index (χ0v) is 11.1. The molecule has 17 heavy (non-hydrogen) atoms. The van der Waals surface area contributed by atoms with Crippen LogP contribution < -0.4 is 15.8 Å². The first-order chi connectivity index (χ1) is 7.67. The Balaban J connectivity index is 0.00000256. The summed E-state index contributed by atoms with van der Waals surface area (Å²) >= 11 is 5.82. The van der Waals surface area contributed by atoms with Gasteiger partial charge in [-0.1, -0.05) is 11.6 Å². The Morgan fingerprint density at radius 2 is 2.24 bits per heavy atom. The number of amides is 1. The molecule has 96 valence electrons. The van der Waals surface area contributed by atoms with Gasteiger partial charge in [0.15, 0.2) is 6.61 Å². The summed E-state index contributed by atoms with van der Waals surface area (Å²) in [6.07, 6.45) is 0. The Hall–Kier alpha value is -0.970. The molecule has 0 heterocycles. The molecule has 0 bridgehead atoms. The van der Waals surface area contributed by atoms with Gasteiger partial charge in [0.05, 0.1) is 0 Å². The van der Waals surface area contributed by atoms with Crippen molar-refractivity contribution in [3.63, 3.8) is 0 Å². The fraction of sp³-hybridized carbons (Fsp3) is 0.364. The minimum Gasteiger partial charge on any atom is -0.483 e. The predicted octanol–water partition coefficient (Wildman–Crippen LogP) is 1.74. The number of nitrogens with two attached hydrogens (primary N) is 1. The molecule has 1 aromatic rings. The topological polar surface area (TPSA) is 64.3 Å². The summed E-state index contributed by atoms with van der Waals surface area (Å²) in [7, 11) is 0. The van der Waals surface area contributed by atoms with Crippen LogP contribution in [0.1, 0.15) is 12.5 Å². The zero-order valence-electron chi connectivity index (χ0n) is 9.53. The van der Waals surface area contributed by atoms with Crippen LogP contribution in [-0.2, 0) is 11.3 Å². The zero-order chi connectivity index (χ0) is 12.0. The lowest BCUT2D eigenvalue weighted by molar-refractivity contribution is -0.122. The van der Waals surface area contributed by atoms with Gasteiger partial charge in [0, 0.05) is 23.7 Å². The molecule has 1 amide bonds. The van der Waals surface area contributed by atoms with E-state index in [2.05, 4.69) is 5.32 Å². The fourth-order valence-electron chi connectivity index (χ4n) is 1.24. The maximum absolute atomic E-state index is 11.2. The van der Waals surface area contributed by atoms with Crippen LogP contribution in [0.2, 0.25) is 5.02 Å². The highest BCUT2D eigenvalue weighted by Gasteiger charge is 2.05. The summed E-state index contributed by atoms with van der Waals surface area (Å²) in [4.78, 5) is 11.2. The van der Waals surface area contributed by atoms with Gasteiger partial charge in [-0.05, 0) is 25.1 Å².